The predicted molar refractivity (Wildman–Crippen MR) is 83.6 cm³/mol. The van der Waals surface area contributed by atoms with Crippen LogP contribution in [0.1, 0.15) is 61.7 Å². The van der Waals surface area contributed by atoms with Crippen LogP contribution in [-0.4, -0.2) is 45.2 Å². The average Bonchev–Trinajstić information content (AvgIpc) is 2.54. The molecule has 2 heterocycles. The van der Waals surface area contributed by atoms with Crippen LogP contribution in [0.25, 0.3) is 0 Å². The highest BCUT2D eigenvalue weighted by molar-refractivity contribution is 5.15. The summed E-state index contributed by atoms with van der Waals surface area (Å²) in [5, 5.41) is 10.2. The minimum atomic E-state index is -4.44. The molecule has 1 aromatic heterocycles. The molecule has 1 saturated heterocycles. The Bertz CT molecular complexity index is 571. The van der Waals surface area contributed by atoms with Crippen molar-refractivity contribution < 1.29 is 18.3 Å². The Morgan fingerprint density at radius 3 is 2.38 bits per heavy atom. The van der Waals surface area contributed by atoms with Crippen molar-refractivity contribution in [3.8, 4) is 0 Å². The quantitative estimate of drug-likeness (QED) is 0.895. The smallest absolute Gasteiger partial charge is 0.391 e. The van der Waals surface area contributed by atoms with Gasteiger partial charge in [-0.2, -0.15) is 13.2 Å². The minimum Gasteiger partial charge on any atom is -0.391 e. The molecule has 0 unspecified atom stereocenters. The van der Waals surface area contributed by atoms with E-state index in [1.54, 1.807) is 6.92 Å². The van der Waals surface area contributed by atoms with Crippen LogP contribution in [-0.2, 0) is 6.18 Å². The van der Waals surface area contributed by atoms with E-state index in [4.69, 9.17) is 0 Å². The number of aliphatic hydroxyl groups is 1. The van der Waals surface area contributed by atoms with Crippen molar-refractivity contribution in [2.45, 2.75) is 69.7 Å². The van der Waals surface area contributed by atoms with Crippen LogP contribution in [0.5, 0.6) is 0 Å². The van der Waals surface area contributed by atoms with Gasteiger partial charge in [-0.3, -0.25) is 4.90 Å². The maximum absolute atomic E-state index is 12.9. The van der Waals surface area contributed by atoms with Crippen LogP contribution in [0.4, 0.5) is 13.2 Å². The number of halogens is 3. The number of nitrogens with zero attached hydrogens (tertiary/aromatic N) is 3. The molecule has 1 N–H and O–H groups in total. The number of piperidine rings is 1. The fraction of sp³-hybridized carbons (Fsp3) is 0.765. The van der Waals surface area contributed by atoms with Gasteiger partial charge < -0.3 is 5.11 Å². The summed E-state index contributed by atoms with van der Waals surface area (Å²) in [5.74, 6) is 0.272. The number of aromatic nitrogens is 2. The van der Waals surface area contributed by atoms with Crippen molar-refractivity contribution >= 4 is 0 Å². The highest BCUT2D eigenvalue weighted by atomic mass is 19.4. The van der Waals surface area contributed by atoms with Gasteiger partial charge in [-0.25, -0.2) is 9.97 Å². The van der Waals surface area contributed by atoms with Crippen molar-refractivity contribution in [1.82, 2.24) is 14.9 Å². The highest BCUT2D eigenvalue weighted by Crippen LogP contribution is 2.33. The molecule has 1 saturated carbocycles. The van der Waals surface area contributed by atoms with Gasteiger partial charge >= 0.3 is 6.18 Å². The van der Waals surface area contributed by atoms with Crippen LogP contribution in [0.2, 0.25) is 0 Å². The van der Waals surface area contributed by atoms with E-state index in [0.717, 1.165) is 57.7 Å². The molecule has 1 aliphatic carbocycles. The van der Waals surface area contributed by atoms with Gasteiger partial charge in [-0.05, 0) is 51.8 Å². The molecule has 3 rings (SSSR count). The molecule has 0 radical (unpaired) electrons. The monoisotopic (exact) mass is 343 g/mol. The zero-order chi connectivity index (χ0) is 17.3. The lowest BCUT2D eigenvalue weighted by Crippen LogP contribution is -2.48. The van der Waals surface area contributed by atoms with E-state index in [0.29, 0.717) is 11.5 Å². The topological polar surface area (TPSA) is 49.2 Å². The molecule has 0 amide bonds. The first-order valence-corrected chi connectivity index (χ1v) is 8.69. The van der Waals surface area contributed by atoms with Crippen molar-refractivity contribution in [3.63, 3.8) is 0 Å². The molecule has 2 atom stereocenters. The van der Waals surface area contributed by atoms with Gasteiger partial charge in [-0.15, -0.1) is 0 Å². The molecule has 2 aliphatic rings. The summed E-state index contributed by atoms with van der Waals surface area (Å²) in [6, 6.07) is 1.20. The summed E-state index contributed by atoms with van der Waals surface area (Å²) in [5.41, 5.74) is -0.493. The number of aryl methyl sites for hydroxylation is 1. The normalized spacial score (nSPS) is 27.4. The first-order valence-electron chi connectivity index (χ1n) is 8.69. The zero-order valence-electron chi connectivity index (χ0n) is 13.9. The Hall–Kier alpha value is -1.21. The van der Waals surface area contributed by atoms with Gasteiger partial charge in [0.25, 0.3) is 0 Å². The van der Waals surface area contributed by atoms with Gasteiger partial charge in [0.15, 0.2) is 0 Å². The lowest BCUT2D eigenvalue weighted by Gasteiger charge is -2.41. The van der Waals surface area contributed by atoms with E-state index in [-0.39, 0.29) is 18.1 Å². The molecule has 0 spiro atoms. The second kappa shape index (κ2) is 6.96. The molecule has 0 aromatic carbocycles. The third-order valence-corrected chi connectivity index (χ3v) is 5.22. The van der Waals surface area contributed by atoms with Crippen molar-refractivity contribution in [3.05, 3.63) is 23.3 Å². The maximum Gasteiger partial charge on any atom is 0.433 e. The SMILES string of the molecule is Cc1cc(C(F)(F)F)nc(C2CCN([C@H]3CCCC[C@@H]3O)CC2)n1. The van der Waals surface area contributed by atoms with E-state index in [1.807, 2.05) is 0 Å². The number of hydrogen-bond acceptors (Lipinski definition) is 4. The van der Waals surface area contributed by atoms with Gasteiger partial charge in [0.2, 0.25) is 0 Å². The third kappa shape index (κ3) is 3.88. The second-order valence-corrected chi connectivity index (χ2v) is 6.98. The van der Waals surface area contributed by atoms with E-state index >= 15 is 0 Å². The zero-order valence-corrected chi connectivity index (χ0v) is 13.9. The van der Waals surface area contributed by atoms with Gasteiger partial charge in [0.1, 0.15) is 11.5 Å². The fourth-order valence-corrected chi connectivity index (χ4v) is 3.93. The summed E-state index contributed by atoms with van der Waals surface area (Å²) in [6.07, 6.45) is 0.833. The molecular formula is C17H24F3N3O. The van der Waals surface area contributed by atoms with Gasteiger partial charge in [0, 0.05) is 17.7 Å². The first kappa shape index (κ1) is 17.6. The molecular weight excluding hydrogens is 319 g/mol. The Balaban J connectivity index is 1.67. The predicted octanol–water partition coefficient (Wildman–Crippen LogP) is 3.29. The number of rotatable bonds is 2. The Labute approximate surface area is 140 Å². The third-order valence-electron chi connectivity index (χ3n) is 5.22. The van der Waals surface area contributed by atoms with Crippen LogP contribution in [0.15, 0.2) is 6.07 Å². The van der Waals surface area contributed by atoms with E-state index < -0.39 is 11.9 Å². The van der Waals surface area contributed by atoms with E-state index in [1.165, 1.54) is 0 Å². The van der Waals surface area contributed by atoms with Crippen LogP contribution < -0.4 is 0 Å². The molecule has 7 heteroatoms. The fourth-order valence-electron chi connectivity index (χ4n) is 3.93. The number of alkyl halides is 3. The number of hydrogen-bond donors (Lipinski definition) is 1. The Morgan fingerprint density at radius 1 is 1.08 bits per heavy atom. The minimum absolute atomic E-state index is 0.0389. The first-order chi connectivity index (χ1) is 11.3. The molecule has 1 aromatic rings. The summed E-state index contributed by atoms with van der Waals surface area (Å²) in [7, 11) is 0. The molecule has 1 aliphatic heterocycles. The molecule has 24 heavy (non-hydrogen) atoms. The average molecular weight is 343 g/mol. The highest BCUT2D eigenvalue weighted by Gasteiger charge is 2.36. The lowest BCUT2D eigenvalue weighted by atomic mass is 9.88. The summed E-state index contributed by atoms with van der Waals surface area (Å²) < 4.78 is 38.8. The van der Waals surface area contributed by atoms with E-state index in [2.05, 4.69) is 14.9 Å². The van der Waals surface area contributed by atoms with Gasteiger partial charge in [0.05, 0.1) is 6.10 Å². The van der Waals surface area contributed by atoms with Crippen molar-refractivity contribution in [1.29, 1.82) is 0 Å². The van der Waals surface area contributed by atoms with Crippen molar-refractivity contribution in [2.75, 3.05) is 13.1 Å². The van der Waals surface area contributed by atoms with Crippen LogP contribution in [0.3, 0.4) is 0 Å². The molecule has 4 nitrogen and oxygen atoms in total. The van der Waals surface area contributed by atoms with Crippen molar-refractivity contribution in [2.24, 2.45) is 0 Å². The van der Waals surface area contributed by atoms with Crippen LogP contribution >= 0.6 is 0 Å². The number of aliphatic hydroxyl groups excluding tert-OH is 1. The largest absolute Gasteiger partial charge is 0.433 e. The lowest BCUT2D eigenvalue weighted by molar-refractivity contribution is -0.141. The Kier molecular flexibility index (Phi) is 5.11. The number of likely N-dealkylation sites (tertiary alicyclic amines) is 1. The second-order valence-electron chi connectivity index (χ2n) is 6.98. The van der Waals surface area contributed by atoms with Crippen LogP contribution in [0, 0.1) is 6.92 Å². The summed E-state index contributed by atoms with van der Waals surface area (Å²) in [6.45, 7) is 3.14. The van der Waals surface area contributed by atoms with E-state index in [9.17, 15) is 18.3 Å². The molecule has 2 fully saturated rings. The Morgan fingerprint density at radius 2 is 1.75 bits per heavy atom. The molecule has 134 valence electrons. The summed E-state index contributed by atoms with van der Waals surface area (Å²) >= 11 is 0. The maximum atomic E-state index is 12.9. The van der Waals surface area contributed by atoms with Gasteiger partial charge in [-0.1, -0.05) is 12.8 Å². The standard InChI is InChI=1S/C17H24F3N3O/c1-11-10-15(17(18,19)20)22-16(21-11)12-6-8-23(9-7-12)13-4-2-3-5-14(13)24/h10,12-14,24H,2-9H2,1H3/t13-,14-/m0/s1. The molecule has 0 bridgehead atoms. The summed E-state index contributed by atoms with van der Waals surface area (Å²) in [4.78, 5) is 10.3.